The van der Waals surface area contributed by atoms with Gasteiger partial charge in [0.2, 0.25) is 0 Å². The summed E-state index contributed by atoms with van der Waals surface area (Å²) in [5.74, 6) is 0. The lowest BCUT2D eigenvalue weighted by Gasteiger charge is -2.10. The maximum absolute atomic E-state index is 4.33. The van der Waals surface area contributed by atoms with Crippen molar-refractivity contribution >= 4 is 18.2 Å². The molecule has 0 heterocycles. The van der Waals surface area contributed by atoms with Crippen molar-refractivity contribution < 1.29 is 0 Å². The van der Waals surface area contributed by atoms with Crippen LogP contribution in [0.5, 0.6) is 0 Å². The van der Waals surface area contributed by atoms with Crippen LogP contribution in [0.15, 0.2) is 41.3 Å². The van der Waals surface area contributed by atoms with Crippen LogP contribution in [-0.2, 0) is 0 Å². The molecule has 0 saturated heterocycles. The summed E-state index contributed by atoms with van der Waals surface area (Å²) >= 11 is 4.33. The molecule has 0 saturated carbocycles. The normalized spacial score (nSPS) is 15.4. The van der Waals surface area contributed by atoms with E-state index in [2.05, 4.69) is 56.0 Å². The molecule has 72 valence electrons. The Kier molecular flexibility index (Phi) is 2.78. The van der Waals surface area contributed by atoms with E-state index < -0.39 is 0 Å². The number of hydrogen-bond acceptors (Lipinski definition) is 1. The molecule has 2 rings (SSSR count). The van der Waals surface area contributed by atoms with Crippen LogP contribution in [0.4, 0.5) is 0 Å². The van der Waals surface area contributed by atoms with Crippen molar-refractivity contribution in [3.05, 3.63) is 47.6 Å². The Balaban J connectivity index is 2.41. The van der Waals surface area contributed by atoms with E-state index in [0.29, 0.717) is 0 Å². The van der Waals surface area contributed by atoms with Crippen molar-refractivity contribution in [1.82, 2.24) is 0 Å². The second-order valence-electron chi connectivity index (χ2n) is 3.64. The molecule has 0 bridgehead atoms. The molecule has 1 heteroatoms. The monoisotopic (exact) mass is 202 g/mol. The van der Waals surface area contributed by atoms with Gasteiger partial charge in [0.1, 0.15) is 0 Å². The van der Waals surface area contributed by atoms with Crippen LogP contribution in [-0.4, -0.2) is 0 Å². The van der Waals surface area contributed by atoms with E-state index >= 15 is 0 Å². The SMILES string of the molecule is Cc1cc(S)ccc1C1=CCCC=C1. The van der Waals surface area contributed by atoms with E-state index in [9.17, 15) is 0 Å². The molecule has 0 fully saturated rings. The molecular weight excluding hydrogens is 188 g/mol. The number of aryl methyl sites for hydroxylation is 1. The van der Waals surface area contributed by atoms with Crippen LogP contribution in [0, 0.1) is 6.92 Å². The molecular formula is C13H14S. The van der Waals surface area contributed by atoms with E-state index in [1.165, 1.54) is 23.1 Å². The zero-order valence-corrected chi connectivity index (χ0v) is 9.22. The van der Waals surface area contributed by atoms with Gasteiger partial charge in [-0.25, -0.2) is 0 Å². The zero-order valence-electron chi connectivity index (χ0n) is 8.33. The Morgan fingerprint density at radius 2 is 2.07 bits per heavy atom. The van der Waals surface area contributed by atoms with Crippen molar-refractivity contribution in [3.8, 4) is 0 Å². The fourth-order valence-electron chi connectivity index (χ4n) is 1.78. The molecule has 1 aliphatic rings. The van der Waals surface area contributed by atoms with Gasteiger partial charge in [0.25, 0.3) is 0 Å². The summed E-state index contributed by atoms with van der Waals surface area (Å²) in [6.45, 7) is 2.14. The fourth-order valence-corrected chi connectivity index (χ4v) is 2.05. The summed E-state index contributed by atoms with van der Waals surface area (Å²) in [5.41, 5.74) is 3.98. The van der Waals surface area contributed by atoms with E-state index in [1.54, 1.807) is 0 Å². The molecule has 0 radical (unpaired) electrons. The van der Waals surface area contributed by atoms with Gasteiger partial charge in [-0.1, -0.05) is 24.3 Å². The number of benzene rings is 1. The van der Waals surface area contributed by atoms with Gasteiger partial charge in [-0.15, -0.1) is 12.6 Å². The molecule has 14 heavy (non-hydrogen) atoms. The van der Waals surface area contributed by atoms with E-state index in [4.69, 9.17) is 0 Å². The molecule has 0 amide bonds. The van der Waals surface area contributed by atoms with Gasteiger partial charge in [0.15, 0.2) is 0 Å². The summed E-state index contributed by atoms with van der Waals surface area (Å²) < 4.78 is 0. The van der Waals surface area contributed by atoms with Crippen LogP contribution in [0.2, 0.25) is 0 Å². The Bertz CT molecular complexity index is 400. The minimum atomic E-state index is 1.03. The number of allylic oxidation sites excluding steroid dienone is 4. The second kappa shape index (κ2) is 4.05. The molecule has 1 aliphatic carbocycles. The average molecular weight is 202 g/mol. The first-order valence-corrected chi connectivity index (χ1v) is 5.39. The third-order valence-electron chi connectivity index (χ3n) is 2.52. The Labute approximate surface area is 90.8 Å². The maximum Gasteiger partial charge on any atom is 0.00430 e. The number of thiol groups is 1. The summed E-state index contributed by atoms with van der Waals surface area (Å²) in [6.07, 6.45) is 9.09. The second-order valence-corrected chi connectivity index (χ2v) is 4.15. The highest BCUT2D eigenvalue weighted by molar-refractivity contribution is 7.80. The molecule has 0 N–H and O–H groups in total. The van der Waals surface area contributed by atoms with Gasteiger partial charge in [-0.3, -0.25) is 0 Å². The molecule has 0 unspecified atom stereocenters. The topological polar surface area (TPSA) is 0 Å². The van der Waals surface area contributed by atoms with Crippen molar-refractivity contribution in [1.29, 1.82) is 0 Å². The fraction of sp³-hybridized carbons (Fsp3) is 0.231. The minimum absolute atomic E-state index is 1.03. The first kappa shape index (κ1) is 9.60. The van der Waals surface area contributed by atoms with Gasteiger partial charge in [-0.05, 0) is 48.6 Å². The molecule has 0 spiro atoms. The van der Waals surface area contributed by atoms with Gasteiger partial charge in [-0.2, -0.15) is 0 Å². The lowest BCUT2D eigenvalue weighted by molar-refractivity contribution is 1.04. The van der Waals surface area contributed by atoms with Crippen LogP contribution >= 0.6 is 12.6 Å². The molecule has 0 aromatic heterocycles. The molecule has 0 aliphatic heterocycles. The van der Waals surface area contributed by atoms with E-state index in [-0.39, 0.29) is 0 Å². The number of rotatable bonds is 1. The van der Waals surface area contributed by atoms with Crippen molar-refractivity contribution in [2.45, 2.75) is 24.7 Å². The maximum atomic E-state index is 4.33. The van der Waals surface area contributed by atoms with Gasteiger partial charge in [0, 0.05) is 4.90 Å². The molecule has 1 aromatic carbocycles. The predicted molar refractivity (Wildman–Crippen MR) is 64.8 cm³/mol. The van der Waals surface area contributed by atoms with E-state index in [1.807, 2.05) is 0 Å². The Morgan fingerprint density at radius 1 is 1.21 bits per heavy atom. The highest BCUT2D eigenvalue weighted by Gasteiger charge is 2.04. The summed E-state index contributed by atoms with van der Waals surface area (Å²) in [5, 5.41) is 0. The van der Waals surface area contributed by atoms with Crippen molar-refractivity contribution in [2.24, 2.45) is 0 Å². The third kappa shape index (κ3) is 1.93. The number of hydrogen-bond donors (Lipinski definition) is 1. The van der Waals surface area contributed by atoms with Crippen LogP contribution in [0.25, 0.3) is 5.57 Å². The van der Waals surface area contributed by atoms with Crippen LogP contribution in [0.1, 0.15) is 24.0 Å². The lowest BCUT2D eigenvalue weighted by atomic mass is 9.96. The summed E-state index contributed by atoms with van der Waals surface area (Å²) in [6, 6.07) is 6.32. The van der Waals surface area contributed by atoms with Gasteiger partial charge < -0.3 is 0 Å². The minimum Gasteiger partial charge on any atom is -0.143 e. The van der Waals surface area contributed by atoms with Gasteiger partial charge in [0.05, 0.1) is 0 Å². The third-order valence-corrected chi connectivity index (χ3v) is 2.79. The average Bonchev–Trinajstić information content (AvgIpc) is 2.19. The van der Waals surface area contributed by atoms with Crippen molar-refractivity contribution in [2.75, 3.05) is 0 Å². The van der Waals surface area contributed by atoms with Crippen LogP contribution in [0.3, 0.4) is 0 Å². The first-order chi connectivity index (χ1) is 6.77. The Hall–Kier alpha value is -0.950. The molecule has 0 nitrogen and oxygen atoms in total. The van der Waals surface area contributed by atoms with Crippen LogP contribution < -0.4 is 0 Å². The van der Waals surface area contributed by atoms with Crippen molar-refractivity contribution in [3.63, 3.8) is 0 Å². The highest BCUT2D eigenvalue weighted by atomic mass is 32.1. The predicted octanol–water partition coefficient (Wildman–Crippen LogP) is 4.02. The highest BCUT2D eigenvalue weighted by Crippen LogP contribution is 2.25. The van der Waals surface area contributed by atoms with E-state index in [0.717, 1.165) is 11.3 Å². The Morgan fingerprint density at radius 3 is 2.71 bits per heavy atom. The standard InChI is InChI=1S/C13H14S/c1-10-9-12(14)7-8-13(10)11-5-3-2-4-6-11/h3,5-9,14H,2,4H2,1H3. The first-order valence-electron chi connectivity index (χ1n) is 4.94. The summed E-state index contributed by atoms with van der Waals surface area (Å²) in [7, 11) is 0. The zero-order chi connectivity index (χ0) is 9.97. The molecule has 0 atom stereocenters. The largest absolute Gasteiger partial charge is 0.143 e. The van der Waals surface area contributed by atoms with Gasteiger partial charge >= 0.3 is 0 Å². The molecule has 1 aromatic rings. The summed E-state index contributed by atoms with van der Waals surface area (Å²) in [4.78, 5) is 1.03. The quantitative estimate of drug-likeness (QED) is 0.653. The smallest absolute Gasteiger partial charge is 0.00430 e. The lowest BCUT2D eigenvalue weighted by Crippen LogP contribution is -1.89.